The summed E-state index contributed by atoms with van der Waals surface area (Å²) in [6, 6.07) is 7.96. The van der Waals surface area contributed by atoms with Crippen molar-refractivity contribution in [1.29, 1.82) is 0 Å². The summed E-state index contributed by atoms with van der Waals surface area (Å²) in [5.74, 6) is 1.09. The Morgan fingerprint density at radius 1 is 1.28 bits per heavy atom. The Morgan fingerprint density at radius 2 is 2.07 bits per heavy atom. The molecule has 1 aromatic carbocycles. The summed E-state index contributed by atoms with van der Waals surface area (Å²) >= 11 is 1.75. The zero-order chi connectivity index (χ0) is 19.9. The number of guanidine groups is 1. The fourth-order valence-corrected chi connectivity index (χ4v) is 3.95. The van der Waals surface area contributed by atoms with Crippen LogP contribution in [0.1, 0.15) is 40.4 Å². The number of aliphatic imine (C=N–C) groups is 1. The Balaban J connectivity index is 0.00000300. The van der Waals surface area contributed by atoms with Gasteiger partial charge in [0.05, 0.1) is 10.7 Å². The molecule has 1 fully saturated rings. The van der Waals surface area contributed by atoms with Crippen LogP contribution in [0.4, 0.5) is 5.69 Å². The smallest absolute Gasteiger partial charge is 0.227 e. The number of carbonyl (C=O) groups is 1. The number of aromatic nitrogens is 1. The molecule has 0 spiro atoms. The van der Waals surface area contributed by atoms with Crippen molar-refractivity contribution >= 4 is 52.9 Å². The van der Waals surface area contributed by atoms with Crippen LogP contribution in [-0.2, 0) is 17.8 Å². The maximum Gasteiger partial charge on any atom is 0.227 e. The number of amides is 1. The second-order valence-electron chi connectivity index (χ2n) is 7.17. The summed E-state index contributed by atoms with van der Waals surface area (Å²) in [7, 11) is 1.77. The normalized spacial score (nSPS) is 14.0. The van der Waals surface area contributed by atoms with E-state index in [2.05, 4.69) is 32.9 Å². The van der Waals surface area contributed by atoms with Gasteiger partial charge < -0.3 is 16.0 Å². The van der Waals surface area contributed by atoms with Crippen LogP contribution in [-0.4, -0.2) is 30.4 Å². The third-order valence-electron chi connectivity index (χ3n) is 5.06. The van der Waals surface area contributed by atoms with Gasteiger partial charge in [0.15, 0.2) is 5.96 Å². The molecular weight excluding hydrogens is 497 g/mol. The van der Waals surface area contributed by atoms with Gasteiger partial charge in [-0.2, -0.15) is 0 Å². The molecule has 0 unspecified atom stereocenters. The molecule has 1 amide bonds. The second kappa shape index (κ2) is 11.5. The summed E-state index contributed by atoms with van der Waals surface area (Å²) in [5.41, 5.74) is 3.07. The Morgan fingerprint density at radius 3 is 2.69 bits per heavy atom. The van der Waals surface area contributed by atoms with Crippen LogP contribution < -0.4 is 16.0 Å². The second-order valence-corrected chi connectivity index (χ2v) is 8.46. The van der Waals surface area contributed by atoms with Gasteiger partial charge >= 0.3 is 0 Å². The molecular formula is C21H30IN5OS. The first-order valence-electron chi connectivity index (χ1n) is 9.82. The fourth-order valence-electron chi connectivity index (χ4n) is 3.01. The molecule has 2 aromatic rings. The zero-order valence-corrected chi connectivity index (χ0v) is 20.4. The van der Waals surface area contributed by atoms with E-state index in [4.69, 9.17) is 0 Å². The predicted octanol–water partition coefficient (Wildman–Crippen LogP) is 4.02. The van der Waals surface area contributed by atoms with E-state index in [-0.39, 0.29) is 35.8 Å². The number of hydrogen-bond donors (Lipinski definition) is 3. The van der Waals surface area contributed by atoms with Crippen molar-refractivity contribution in [3.05, 3.63) is 45.4 Å². The SMILES string of the molecule is CN=C(NCCc1nc(C)c(C)s1)NCc1cccc(NC(=O)C2CCC2)c1.I. The highest BCUT2D eigenvalue weighted by Crippen LogP contribution is 2.27. The van der Waals surface area contributed by atoms with Gasteiger partial charge in [-0.05, 0) is 44.4 Å². The predicted molar refractivity (Wildman–Crippen MR) is 131 cm³/mol. The number of aryl methyl sites for hydroxylation is 2. The van der Waals surface area contributed by atoms with E-state index in [0.29, 0.717) is 6.54 Å². The van der Waals surface area contributed by atoms with Gasteiger partial charge in [-0.15, -0.1) is 35.3 Å². The quantitative estimate of drug-likeness (QED) is 0.289. The molecule has 1 aliphatic carbocycles. The number of hydrogen-bond acceptors (Lipinski definition) is 4. The van der Waals surface area contributed by atoms with E-state index in [0.717, 1.165) is 60.1 Å². The maximum absolute atomic E-state index is 12.1. The van der Waals surface area contributed by atoms with E-state index in [9.17, 15) is 4.79 Å². The Hall–Kier alpha value is -1.68. The van der Waals surface area contributed by atoms with Crippen molar-refractivity contribution in [3.63, 3.8) is 0 Å². The molecule has 1 aromatic heterocycles. The maximum atomic E-state index is 12.1. The van der Waals surface area contributed by atoms with Gasteiger partial charge in [0.25, 0.3) is 0 Å². The van der Waals surface area contributed by atoms with Gasteiger partial charge in [-0.25, -0.2) is 4.98 Å². The van der Waals surface area contributed by atoms with Crippen molar-refractivity contribution < 1.29 is 4.79 Å². The number of nitrogens with zero attached hydrogens (tertiary/aromatic N) is 2. The topological polar surface area (TPSA) is 78.4 Å². The zero-order valence-electron chi connectivity index (χ0n) is 17.2. The van der Waals surface area contributed by atoms with Crippen LogP contribution >= 0.6 is 35.3 Å². The van der Waals surface area contributed by atoms with E-state index in [1.165, 1.54) is 4.88 Å². The number of thiazole rings is 1. The molecule has 0 saturated heterocycles. The van der Waals surface area contributed by atoms with E-state index >= 15 is 0 Å². The van der Waals surface area contributed by atoms with E-state index < -0.39 is 0 Å². The van der Waals surface area contributed by atoms with Gasteiger partial charge in [0, 0.05) is 43.0 Å². The summed E-state index contributed by atoms with van der Waals surface area (Å²) in [6.45, 7) is 5.57. The molecule has 8 heteroatoms. The Labute approximate surface area is 194 Å². The minimum absolute atomic E-state index is 0. The number of nitrogens with one attached hydrogen (secondary N) is 3. The first kappa shape index (κ1) is 23.6. The molecule has 29 heavy (non-hydrogen) atoms. The summed E-state index contributed by atoms with van der Waals surface area (Å²) in [6.07, 6.45) is 4.06. The average Bonchev–Trinajstić information content (AvgIpc) is 2.94. The summed E-state index contributed by atoms with van der Waals surface area (Å²) in [4.78, 5) is 22.2. The standard InChI is InChI=1S/C21H29N5OS.HI/c1-14-15(2)28-19(25-14)10-11-23-21(22-3)24-13-16-6-4-9-18(12-16)26-20(27)17-7-5-8-17;/h4,6,9,12,17H,5,7-8,10-11,13H2,1-3H3,(H,26,27)(H2,22,23,24);1H. The van der Waals surface area contributed by atoms with Crippen molar-refractivity contribution in [2.45, 2.75) is 46.1 Å². The molecule has 1 aliphatic rings. The minimum atomic E-state index is 0. The molecule has 0 bridgehead atoms. The summed E-state index contributed by atoms with van der Waals surface area (Å²) in [5, 5.41) is 10.8. The van der Waals surface area contributed by atoms with Gasteiger partial charge in [-0.3, -0.25) is 9.79 Å². The highest BCUT2D eigenvalue weighted by Gasteiger charge is 2.25. The van der Waals surface area contributed by atoms with Crippen LogP contribution in [0.25, 0.3) is 0 Å². The summed E-state index contributed by atoms with van der Waals surface area (Å²) < 4.78 is 0. The van der Waals surface area contributed by atoms with E-state index in [1.54, 1.807) is 18.4 Å². The van der Waals surface area contributed by atoms with Gasteiger partial charge in [-0.1, -0.05) is 18.6 Å². The Kier molecular flexibility index (Phi) is 9.35. The molecule has 1 saturated carbocycles. The third kappa shape index (κ3) is 6.95. The lowest BCUT2D eigenvalue weighted by Crippen LogP contribution is -2.37. The lowest BCUT2D eigenvalue weighted by Gasteiger charge is -2.24. The lowest BCUT2D eigenvalue weighted by atomic mass is 9.85. The highest BCUT2D eigenvalue weighted by atomic mass is 127. The van der Waals surface area contributed by atoms with Crippen molar-refractivity contribution in [2.24, 2.45) is 10.9 Å². The van der Waals surface area contributed by atoms with Gasteiger partial charge in [0.1, 0.15) is 0 Å². The molecule has 0 atom stereocenters. The minimum Gasteiger partial charge on any atom is -0.356 e. The van der Waals surface area contributed by atoms with Crippen molar-refractivity contribution in [1.82, 2.24) is 15.6 Å². The molecule has 158 valence electrons. The van der Waals surface area contributed by atoms with Crippen LogP contribution in [0, 0.1) is 19.8 Å². The Bertz CT molecular complexity index is 828. The molecule has 0 radical (unpaired) electrons. The molecule has 6 nitrogen and oxygen atoms in total. The van der Waals surface area contributed by atoms with Gasteiger partial charge in [0.2, 0.25) is 5.91 Å². The number of anilines is 1. The van der Waals surface area contributed by atoms with Crippen LogP contribution in [0.15, 0.2) is 29.3 Å². The molecule has 3 rings (SSSR count). The number of rotatable bonds is 7. The largest absolute Gasteiger partial charge is 0.356 e. The first-order valence-corrected chi connectivity index (χ1v) is 10.6. The van der Waals surface area contributed by atoms with Crippen molar-refractivity contribution in [2.75, 3.05) is 18.9 Å². The third-order valence-corrected chi connectivity index (χ3v) is 6.19. The monoisotopic (exact) mass is 527 g/mol. The molecule has 1 heterocycles. The molecule has 0 aliphatic heterocycles. The number of carbonyl (C=O) groups excluding carboxylic acids is 1. The van der Waals surface area contributed by atoms with Crippen molar-refractivity contribution in [3.8, 4) is 0 Å². The molecule has 3 N–H and O–H groups in total. The fraction of sp³-hybridized carbons (Fsp3) is 0.476. The van der Waals surface area contributed by atoms with Crippen LogP contribution in [0.5, 0.6) is 0 Å². The number of halogens is 1. The highest BCUT2D eigenvalue weighted by molar-refractivity contribution is 14.0. The van der Waals surface area contributed by atoms with Crippen LogP contribution in [0.3, 0.4) is 0 Å². The first-order chi connectivity index (χ1) is 13.5. The van der Waals surface area contributed by atoms with E-state index in [1.807, 2.05) is 31.2 Å². The average molecular weight is 527 g/mol. The van der Waals surface area contributed by atoms with Crippen LogP contribution in [0.2, 0.25) is 0 Å². The number of benzene rings is 1. The lowest BCUT2D eigenvalue weighted by molar-refractivity contribution is -0.122.